The molecular formula is C17H15F4N3O3. The van der Waals surface area contributed by atoms with Crippen LogP contribution in [0.15, 0.2) is 48.8 Å². The second-order valence-electron chi connectivity index (χ2n) is 5.30. The summed E-state index contributed by atoms with van der Waals surface area (Å²) in [4.78, 5) is 28.2. The van der Waals surface area contributed by atoms with Crippen molar-refractivity contribution in [2.75, 3.05) is 11.9 Å². The number of benzene rings is 1. The van der Waals surface area contributed by atoms with Crippen LogP contribution in [0.3, 0.4) is 0 Å². The minimum atomic E-state index is -5.32. The summed E-state index contributed by atoms with van der Waals surface area (Å²) >= 11 is 0. The molecule has 1 aromatic heterocycles. The Bertz CT molecular complexity index is 815. The maximum Gasteiger partial charge on any atom is 0.441 e. The first kappa shape index (κ1) is 20.1. The van der Waals surface area contributed by atoms with E-state index in [-0.39, 0.29) is 17.9 Å². The zero-order chi connectivity index (χ0) is 20.1. The van der Waals surface area contributed by atoms with E-state index in [0.717, 1.165) is 30.5 Å². The van der Waals surface area contributed by atoms with Gasteiger partial charge in [0.2, 0.25) is 0 Å². The largest absolute Gasteiger partial charge is 0.463 e. The minimum Gasteiger partial charge on any atom is -0.463 e. The van der Waals surface area contributed by atoms with Crippen LogP contribution < -0.4 is 10.6 Å². The number of carbonyl (C=O) groups excluding carboxylic acids is 2. The highest BCUT2D eigenvalue weighted by Gasteiger charge is 2.63. The predicted molar refractivity (Wildman–Crippen MR) is 87.1 cm³/mol. The molecule has 1 aromatic carbocycles. The first-order chi connectivity index (χ1) is 12.7. The normalized spacial score (nSPS) is 13.4. The Morgan fingerprint density at radius 2 is 1.93 bits per heavy atom. The summed E-state index contributed by atoms with van der Waals surface area (Å²) in [6.07, 6.45) is -2.96. The van der Waals surface area contributed by atoms with Crippen LogP contribution in [0.2, 0.25) is 0 Å². The fourth-order valence-electron chi connectivity index (χ4n) is 2.15. The third kappa shape index (κ3) is 4.52. The first-order valence-electron chi connectivity index (χ1n) is 7.70. The maximum absolute atomic E-state index is 13.9. The summed E-state index contributed by atoms with van der Waals surface area (Å²) < 4.78 is 59.7. The van der Waals surface area contributed by atoms with E-state index in [0.29, 0.717) is 0 Å². The average Bonchev–Trinajstić information content (AvgIpc) is 2.61. The molecule has 1 unspecified atom stereocenters. The van der Waals surface area contributed by atoms with E-state index in [1.54, 1.807) is 5.32 Å². The van der Waals surface area contributed by atoms with Gasteiger partial charge in [-0.1, -0.05) is 6.07 Å². The van der Waals surface area contributed by atoms with Gasteiger partial charge in [0.15, 0.2) is 0 Å². The molecule has 0 spiro atoms. The number of rotatable bonds is 6. The number of esters is 1. The quantitative estimate of drug-likeness (QED) is 0.454. The van der Waals surface area contributed by atoms with Gasteiger partial charge >= 0.3 is 17.8 Å². The lowest BCUT2D eigenvalue weighted by molar-refractivity contribution is -0.204. The lowest BCUT2D eigenvalue weighted by atomic mass is 10.1. The lowest BCUT2D eigenvalue weighted by Gasteiger charge is -2.35. The number of alkyl halides is 3. The summed E-state index contributed by atoms with van der Waals surface area (Å²) in [5.74, 6) is -3.85. The van der Waals surface area contributed by atoms with Crippen molar-refractivity contribution in [3.63, 3.8) is 0 Å². The SMILES string of the molecule is CCOC(=O)C(NC(=O)c1cccnc1)(Nc1cccc(F)c1)C(F)(F)F. The Hall–Kier alpha value is -3.17. The molecule has 0 aliphatic carbocycles. The third-order valence-corrected chi connectivity index (χ3v) is 3.39. The number of halogens is 4. The number of amides is 1. The van der Waals surface area contributed by atoms with E-state index in [9.17, 15) is 27.2 Å². The number of hydrogen-bond acceptors (Lipinski definition) is 5. The van der Waals surface area contributed by atoms with Gasteiger partial charge in [-0.2, -0.15) is 13.2 Å². The fraction of sp³-hybridized carbons (Fsp3) is 0.235. The van der Waals surface area contributed by atoms with Crippen molar-refractivity contribution in [1.82, 2.24) is 10.3 Å². The van der Waals surface area contributed by atoms with Crippen LogP contribution in [0.5, 0.6) is 0 Å². The van der Waals surface area contributed by atoms with Gasteiger partial charge in [0, 0.05) is 18.1 Å². The molecule has 0 saturated carbocycles. The van der Waals surface area contributed by atoms with Crippen molar-refractivity contribution >= 4 is 17.6 Å². The molecule has 1 heterocycles. The molecule has 0 radical (unpaired) electrons. The van der Waals surface area contributed by atoms with Crippen molar-refractivity contribution in [2.24, 2.45) is 0 Å². The Labute approximate surface area is 151 Å². The van der Waals surface area contributed by atoms with Crippen molar-refractivity contribution in [3.8, 4) is 0 Å². The van der Waals surface area contributed by atoms with Gasteiger partial charge in [0.05, 0.1) is 12.2 Å². The van der Waals surface area contributed by atoms with Crippen molar-refractivity contribution in [3.05, 3.63) is 60.2 Å². The number of aromatic nitrogens is 1. The van der Waals surface area contributed by atoms with Crippen LogP contribution in [0.1, 0.15) is 17.3 Å². The molecule has 27 heavy (non-hydrogen) atoms. The molecule has 144 valence electrons. The molecule has 1 atom stereocenters. The Kier molecular flexibility index (Phi) is 5.98. The number of carbonyl (C=O) groups is 2. The average molecular weight is 385 g/mol. The van der Waals surface area contributed by atoms with Gasteiger partial charge in [0.1, 0.15) is 5.82 Å². The van der Waals surface area contributed by atoms with Gasteiger partial charge in [0.25, 0.3) is 5.91 Å². The van der Waals surface area contributed by atoms with Crippen molar-refractivity contribution in [2.45, 2.75) is 18.8 Å². The van der Waals surface area contributed by atoms with Crippen LogP contribution >= 0.6 is 0 Å². The van der Waals surface area contributed by atoms with Gasteiger partial charge < -0.3 is 15.4 Å². The Morgan fingerprint density at radius 1 is 1.19 bits per heavy atom. The van der Waals surface area contributed by atoms with Crippen LogP contribution in [-0.4, -0.2) is 35.3 Å². The molecule has 2 rings (SSSR count). The van der Waals surface area contributed by atoms with Crippen LogP contribution in [-0.2, 0) is 9.53 Å². The number of nitrogens with zero attached hydrogens (tertiary/aromatic N) is 1. The molecule has 2 N–H and O–H groups in total. The standard InChI is InChI=1S/C17H15F4N3O3/c1-2-27-15(26)16(17(19,20)21,23-13-7-3-6-12(18)9-13)24-14(25)11-5-4-8-22-10-11/h3-10,23H,2H2,1H3,(H,24,25). The smallest absolute Gasteiger partial charge is 0.441 e. The highest BCUT2D eigenvalue weighted by molar-refractivity contribution is 5.99. The Morgan fingerprint density at radius 3 is 2.48 bits per heavy atom. The second kappa shape index (κ2) is 8.02. The first-order valence-corrected chi connectivity index (χ1v) is 7.70. The molecule has 0 aliphatic rings. The molecule has 10 heteroatoms. The van der Waals surface area contributed by atoms with Crippen LogP contribution in [0.25, 0.3) is 0 Å². The second-order valence-corrected chi connectivity index (χ2v) is 5.30. The number of ether oxygens (including phenoxy) is 1. The minimum absolute atomic E-state index is 0.212. The number of hydrogen-bond donors (Lipinski definition) is 2. The molecule has 0 saturated heterocycles. The zero-order valence-electron chi connectivity index (χ0n) is 14.0. The van der Waals surface area contributed by atoms with Gasteiger partial charge in [-0.25, -0.2) is 9.18 Å². The Balaban J connectivity index is 2.50. The number of nitrogens with one attached hydrogen (secondary N) is 2. The molecule has 0 bridgehead atoms. The van der Waals surface area contributed by atoms with E-state index in [2.05, 4.69) is 9.72 Å². The molecule has 0 fully saturated rings. The summed E-state index contributed by atoms with van der Waals surface area (Å²) in [6.45, 7) is 0.939. The fourth-order valence-corrected chi connectivity index (χ4v) is 2.15. The van der Waals surface area contributed by atoms with Crippen LogP contribution in [0.4, 0.5) is 23.2 Å². The van der Waals surface area contributed by atoms with Crippen molar-refractivity contribution < 1.29 is 31.9 Å². The lowest BCUT2D eigenvalue weighted by Crippen LogP contribution is -2.69. The van der Waals surface area contributed by atoms with E-state index in [1.165, 1.54) is 25.3 Å². The maximum atomic E-state index is 13.9. The summed E-state index contributed by atoms with van der Waals surface area (Å²) in [6, 6.07) is 6.58. The van der Waals surface area contributed by atoms with Gasteiger partial charge in [-0.15, -0.1) is 0 Å². The van der Waals surface area contributed by atoms with Gasteiger partial charge in [-0.05, 0) is 37.3 Å². The van der Waals surface area contributed by atoms with E-state index >= 15 is 0 Å². The molecule has 0 aliphatic heterocycles. The highest BCUT2D eigenvalue weighted by atomic mass is 19.4. The van der Waals surface area contributed by atoms with Crippen LogP contribution in [0, 0.1) is 5.82 Å². The summed E-state index contributed by atoms with van der Waals surface area (Å²) in [5, 5.41) is 3.49. The topological polar surface area (TPSA) is 80.3 Å². The summed E-state index contributed by atoms with van der Waals surface area (Å²) in [5.41, 5.74) is -4.23. The number of pyridine rings is 1. The monoisotopic (exact) mass is 385 g/mol. The third-order valence-electron chi connectivity index (χ3n) is 3.39. The van der Waals surface area contributed by atoms with Gasteiger partial charge in [-0.3, -0.25) is 9.78 Å². The van der Waals surface area contributed by atoms with Crippen molar-refractivity contribution in [1.29, 1.82) is 0 Å². The van der Waals surface area contributed by atoms with E-state index in [1.807, 2.05) is 5.32 Å². The highest BCUT2D eigenvalue weighted by Crippen LogP contribution is 2.33. The molecule has 2 aromatic rings. The van der Waals surface area contributed by atoms with E-state index in [4.69, 9.17) is 0 Å². The summed E-state index contributed by atoms with van der Waals surface area (Å²) in [7, 11) is 0. The molecule has 1 amide bonds. The predicted octanol–water partition coefficient (Wildman–Crippen LogP) is 2.88. The molecular weight excluding hydrogens is 370 g/mol. The number of anilines is 1. The van der Waals surface area contributed by atoms with E-state index < -0.39 is 29.5 Å². The molecule has 6 nitrogen and oxygen atoms in total. The zero-order valence-corrected chi connectivity index (χ0v) is 14.0.